The lowest BCUT2D eigenvalue weighted by Gasteiger charge is -2.43. The van der Waals surface area contributed by atoms with Crippen molar-refractivity contribution in [2.75, 3.05) is 6.54 Å². The highest BCUT2D eigenvalue weighted by Gasteiger charge is 2.49. The number of nitrogens with two attached hydrogens (primary N) is 1. The number of fused-ring (bicyclic) bond motifs is 1. The van der Waals surface area contributed by atoms with Crippen LogP contribution in [0.2, 0.25) is 0 Å². The van der Waals surface area contributed by atoms with Gasteiger partial charge in [-0.15, -0.1) is 0 Å². The molecule has 0 unspecified atom stereocenters. The predicted molar refractivity (Wildman–Crippen MR) is 70.7 cm³/mol. The monoisotopic (exact) mass is 264 g/mol. The van der Waals surface area contributed by atoms with Crippen LogP contribution in [0.4, 0.5) is 0 Å². The van der Waals surface area contributed by atoms with E-state index in [2.05, 4.69) is 9.55 Å². The van der Waals surface area contributed by atoms with E-state index in [4.69, 9.17) is 18.0 Å². The van der Waals surface area contributed by atoms with E-state index < -0.39 is 5.41 Å². The molecule has 1 amide bonds. The van der Waals surface area contributed by atoms with Crippen molar-refractivity contribution in [2.45, 2.75) is 32.4 Å². The Balaban J connectivity index is 1.80. The molecule has 0 spiro atoms. The molecule has 2 heterocycles. The highest BCUT2D eigenvalue weighted by molar-refractivity contribution is 7.80. The molecule has 1 fully saturated rings. The lowest BCUT2D eigenvalue weighted by molar-refractivity contribution is -0.143. The van der Waals surface area contributed by atoms with Gasteiger partial charge >= 0.3 is 0 Å². The fraction of sp³-hybridized carbons (Fsp3) is 0.583. The molecule has 6 heteroatoms. The van der Waals surface area contributed by atoms with Gasteiger partial charge in [0, 0.05) is 25.5 Å². The fourth-order valence-corrected chi connectivity index (χ4v) is 3.04. The Labute approximate surface area is 111 Å². The van der Waals surface area contributed by atoms with Crippen molar-refractivity contribution in [1.82, 2.24) is 14.5 Å². The van der Waals surface area contributed by atoms with Crippen molar-refractivity contribution >= 4 is 23.1 Å². The van der Waals surface area contributed by atoms with Crippen LogP contribution in [0.25, 0.3) is 0 Å². The first-order valence-corrected chi connectivity index (χ1v) is 6.64. The lowest BCUT2D eigenvalue weighted by Crippen LogP contribution is -2.55. The Hall–Kier alpha value is -1.43. The van der Waals surface area contributed by atoms with Gasteiger partial charge in [-0.2, -0.15) is 0 Å². The van der Waals surface area contributed by atoms with E-state index in [0.717, 1.165) is 31.6 Å². The van der Waals surface area contributed by atoms with Gasteiger partial charge in [-0.05, 0) is 12.8 Å². The molecule has 2 aliphatic rings. The summed E-state index contributed by atoms with van der Waals surface area (Å²) in [5, 5.41) is 0. The van der Waals surface area contributed by atoms with Crippen LogP contribution in [-0.2, 0) is 17.9 Å². The third-order valence-corrected chi connectivity index (χ3v) is 4.51. The summed E-state index contributed by atoms with van der Waals surface area (Å²) in [6, 6.07) is 0. The average Bonchev–Trinajstić information content (AvgIpc) is 2.73. The number of carbonyl (C=O) groups is 1. The first kappa shape index (κ1) is 11.6. The van der Waals surface area contributed by atoms with Crippen LogP contribution in [0.15, 0.2) is 12.4 Å². The minimum absolute atomic E-state index is 0.0931. The lowest BCUT2D eigenvalue weighted by atomic mass is 9.67. The van der Waals surface area contributed by atoms with Crippen molar-refractivity contribution in [3.8, 4) is 0 Å². The van der Waals surface area contributed by atoms with Crippen molar-refractivity contribution in [3.63, 3.8) is 0 Å². The molecule has 1 aromatic heterocycles. The minimum atomic E-state index is -0.565. The van der Waals surface area contributed by atoms with E-state index in [-0.39, 0.29) is 5.91 Å². The fourth-order valence-electron chi connectivity index (χ4n) is 2.75. The number of aromatic nitrogens is 2. The van der Waals surface area contributed by atoms with Gasteiger partial charge in [-0.3, -0.25) is 4.79 Å². The molecule has 3 rings (SSSR count). The summed E-state index contributed by atoms with van der Waals surface area (Å²) in [5.41, 5.74) is 5.21. The molecule has 0 bridgehead atoms. The third kappa shape index (κ3) is 1.55. The quantitative estimate of drug-likeness (QED) is 0.798. The standard InChI is InChI=1S/C12H16N4OS/c13-10(18)12(2-1-3-12)11(17)16-7-6-15-5-4-14-9(15)8-16/h4-5H,1-3,6-8H2,(H2,13,18). The third-order valence-electron chi connectivity index (χ3n) is 4.12. The normalized spacial score (nSPS) is 21.0. The van der Waals surface area contributed by atoms with E-state index in [1.165, 1.54) is 0 Å². The minimum Gasteiger partial charge on any atom is -0.392 e. The Morgan fingerprint density at radius 3 is 2.83 bits per heavy atom. The molecule has 18 heavy (non-hydrogen) atoms. The van der Waals surface area contributed by atoms with Crippen LogP contribution < -0.4 is 5.73 Å². The summed E-state index contributed by atoms with van der Waals surface area (Å²) in [4.78, 5) is 19.1. The number of nitrogens with zero attached hydrogens (tertiary/aromatic N) is 3. The molecule has 96 valence electrons. The number of imidazole rings is 1. The van der Waals surface area contributed by atoms with Gasteiger partial charge in [0.25, 0.3) is 0 Å². The summed E-state index contributed by atoms with van der Waals surface area (Å²) in [7, 11) is 0. The van der Waals surface area contributed by atoms with Crippen LogP contribution in [0.3, 0.4) is 0 Å². The molecular weight excluding hydrogens is 248 g/mol. The van der Waals surface area contributed by atoms with Crippen LogP contribution in [0, 0.1) is 5.41 Å². The first-order chi connectivity index (χ1) is 8.63. The number of carbonyl (C=O) groups excluding carboxylic acids is 1. The summed E-state index contributed by atoms with van der Waals surface area (Å²) in [6.45, 7) is 2.08. The number of rotatable bonds is 2. The summed E-state index contributed by atoms with van der Waals surface area (Å²) < 4.78 is 2.08. The van der Waals surface area contributed by atoms with E-state index in [1.807, 2.05) is 11.1 Å². The van der Waals surface area contributed by atoms with Crippen LogP contribution in [-0.4, -0.2) is 31.9 Å². The zero-order chi connectivity index (χ0) is 12.8. The number of amides is 1. The maximum Gasteiger partial charge on any atom is 0.236 e. The number of hydrogen-bond acceptors (Lipinski definition) is 3. The largest absolute Gasteiger partial charge is 0.392 e. The second-order valence-corrected chi connectivity index (χ2v) is 5.50. The topological polar surface area (TPSA) is 64.2 Å². The second-order valence-electron chi connectivity index (χ2n) is 5.06. The van der Waals surface area contributed by atoms with E-state index in [0.29, 0.717) is 18.1 Å². The van der Waals surface area contributed by atoms with Crippen molar-refractivity contribution in [2.24, 2.45) is 11.1 Å². The molecule has 2 N–H and O–H groups in total. The molecule has 1 aromatic rings. The van der Waals surface area contributed by atoms with Gasteiger partial charge in [0.05, 0.1) is 16.9 Å². The maximum atomic E-state index is 12.6. The van der Waals surface area contributed by atoms with E-state index >= 15 is 0 Å². The highest BCUT2D eigenvalue weighted by atomic mass is 32.1. The first-order valence-electron chi connectivity index (χ1n) is 6.23. The Bertz CT molecular complexity index is 506. The molecule has 0 radical (unpaired) electrons. The van der Waals surface area contributed by atoms with E-state index in [1.54, 1.807) is 6.20 Å². The average molecular weight is 264 g/mol. The Kier molecular flexibility index (Phi) is 2.62. The summed E-state index contributed by atoms with van der Waals surface area (Å²) in [6.07, 6.45) is 6.35. The van der Waals surface area contributed by atoms with Crippen LogP contribution in [0.5, 0.6) is 0 Å². The van der Waals surface area contributed by atoms with Gasteiger partial charge < -0.3 is 15.2 Å². The van der Waals surface area contributed by atoms with Gasteiger partial charge in [-0.25, -0.2) is 4.98 Å². The van der Waals surface area contributed by atoms with Gasteiger partial charge in [0.15, 0.2) is 0 Å². The van der Waals surface area contributed by atoms with Crippen LogP contribution in [0.1, 0.15) is 25.1 Å². The molecule has 0 atom stereocenters. The predicted octanol–water partition coefficient (Wildman–Crippen LogP) is 0.682. The van der Waals surface area contributed by atoms with Crippen molar-refractivity contribution in [3.05, 3.63) is 18.2 Å². The zero-order valence-corrected chi connectivity index (χ0v) is 10.9. The Morgan fingerprint density at radius 2 is 2.22 bits per heavy atom. The van der Waals surface area contributed by atoms with Crippen molar-refractivity contribution < 1.29 is 4.79 Å². The van der Waals surface area contributed by atoms with Gasteiger partial charge in [-0.1, -0.05) is 18.6 Å². The van der Waals surface area contributed by atoms with Crippen molar-refractivity contribution in [1.29, 1.82) is 0 Å². The number of thiocarbonyl (C=S) groups is 1. The molecule has 5 nitrogen and oxygen atoms in total. The molecular formula is C12H16N4OS. The maximum absolute atomic E-state index is 12.6. The van der Waals surface area contributed by atoms with E-state index in [9.17, 15) is 4.79 Å². The smallest absolute Gasteiger partial charge is 0.236 e. The summed E-state index contributed by atoms with van der Waals surface area (Å²) >= 11 is 5.10. The zero-order valence-electron chi connectivity index (χ0n) is 10.1. The summed E-state index contributed by atoms with van der Waals surface area (Å²) in [5.74, 6) is 1.03. The highest BCUT2D eigenvalue weighted by Crippen LogP contribution is 2.43. The molecule has 1 aliphatic carbocycles. The SMILES string of the molecule is NC(=S)C1(C(=O)N2CCn3ccnc3C2)CCC1. The van der Waals surface area contributed by atoms with Gasteiger partial charge in [0.1, 0.15) is 5.82 Å². The second kappa shape index (κ2) is 4.05. The molecule has 1 saturated carbocycles. The van der Waals surface area contributed by atoms with Crippen LogP contribution >= 0.6 is 12.2 Å². The molecule has 1 aliphatic heterocycles. The van der Waals surface area contributed by atoms with Gasteiger partial charge in [0.2, 0.25) is 5.91 Å². The molecule has 0 saturated heterocycles. The molecule has 0 aromatic carbocycles. The number of hydrogen-bond donors (Lipinski definition) is 1. The Morgan fingerprint density at radius 1 is 1.44 bits per heavy atom.